The zero-order valence-corrected chi connectivity index (χ0v) is 10.3. The van der Waals surface area contributed by atoms with Crippen LogP contribution in [0.1, 0.15) is 23.7 Å². The van der Waals surface area contributed by atoms with Crippen LogP contribution in [0.4, 0.5) is 0 Å². The smallest absolute Gasteiger partial charge is 0.252 e. The minimum absolute atomic E-state index is 0.0352. The van der Waals surface area contributed by atoms with E-state index in [1.165, 1.54) is 0 Å². The molecular formula is C12H14BrNO. The molecule has 0 aliphatic heterocycles. The summed E-state index contributed by atoms with van der Waals surface area (Å²) in [6.45, 7) is 2.64. The second-order valence-corrected chi connectivity index (χ2v) is 3.95. The van der Waals surface area contributed by atoms with Gasteiger partial charge in [0.05, 0.1) is 5.56 Å². The van der Waals surface area contributed by atoms with Crippen LogP contribution >= 0.6 is 15.9 Å². The van der Waals surface area contributed by atoms with Crippen LogP contribution in [0.2, 0.25) is 0 Å². The van der Waals surface area contributed by atoms with Gasteiger partial charge in [0.25, 0.3) is 5.91 Å². The van der Waals surface area contributed by atoms with Crippen LogP contribution in [0.25, 0.3) is 0 Å². The Bertz CT molecular complexity index is 360. The zero-order valence-electron chi connectivity index (χ0n) is 8.66. The molecule has 0 heterocycles. The number of halogens is 1. The lowest BCUT2D eigenvalue weighted by Gasteiger charge is -2.04. The van der Waals surface area contributed by atoms with Crippen molar-refractivity contribution in [2.24, 2.45) is 0 Å². The molecule has 3 heteroatoms. The van der Waals surface area contributed by atoms with E-state index in [-0.39, 0.29) is 5.91 Å². The predicted octanol–water partition coefficient (Wildman–Crippen LogP) is 3.15. The lowest BCUT2D eigenvalue weighted by atomic mass is 10.2. The standard InChI is InChI=1S/C12H14BrNO/c1-2-3-6-9-14-12(15)10-7-4-5-8-11(10)13/h2-5,7-8H,6,9H2,1H3,(H,14,15)/b3-2+. The van der Waals surface area contributed by atoms with E-state index in [2.05, 4.69) is 21.2 Å². The molecule has 1 amide bonds. The third kappa shape index (κ3) is 3.88. The predicted molar refractivity (Wildman–Crippen MR) is 65.9 cm³/mol. The Balaban J connectivity index is 2.51. The van der Waals surface area contributed by atoms with Crippen molar-refractivity contribution in [3.05, 3.63) is 46.5 Å². The fourth-order valence-corrected chi connectivity index (χ4v) is 1.64. The van der Waals surface area contributed by atoms with E-state index >= 15 is 0 Å². The Labute approximate surface area is 98.5 Å². The van der Waals surface area contributed by atoms with Gasteiger partial charge in [-0.2, -0.15) is 0 Å². The number of rotatable bonds is 4. The van der Waals surface area contributed by atoms with Gasteiger partial charge < -0.3 is 5.32 Å². The van der Waals surface area contributed by atoms with Gasteiger partial charge in [-0.15, -0.1) is 0 Å². The average Bonchev–Trinajstić information content (AvgIpc) is 2.25. The van der Waals surface area contributed by atoms with E-state index in [0.29, 0.717) is 12.1 Å². The van der Waals surface area contributed by atoms with Crippen LogP contribution in [0.3, 0.4) is 0 Å². The number of benzene rings is 1. The summed E-state index contributed by atoms with van der Waals surface area (Å²) in [6.07, 6.45) is 4.87. The fraction of sp³-hybridized carbons (Fsp3) is 0.250. The number of allylic oxidation sites excluding steroid dienone is 1. The first-order chi connectivity index (χ1) is 7.25. The van der Waals surface area contributed by atoms with Crippen LogP contribution in [-0.4, -0.2) is 12.5 Å². The molecule has 0 aromatic heterocycles. The molecule has 1 rings (SSSR count). The van der Waals surface area contributed by atoms with E-state index in [1.54, 1.807) is 6.07 Å². The average molecular weight is 268 g/mol. The van der Waals surface area contributed by atoms with Crippen molar-refractivity contribution >= 4 is 21.8 Å². The highest BCUT2D eigenvalue weighted by molar-refractivity contribution is 9.10. The van der Waals surface area contributed by atoms with E-state index in [9.17, 15) is 4.79 Å². The van der Waals surface area contributed by atoms with Gasteiger partial charge in [-0.1, -0.05) is 24.3 Å². The summed E-state index contributed by atoms with van der Waals surface area (Å²) in [4.78, 5) is 11.7. The van der Waals surface area contributed by atoms with Gasteiger partial charge in [-0.3, -0.25) is 4.79 Å². The van der Waals surface area contributed by atoms with Gasteiger partial charge in [-0.25, -0.2) is 0 Å². The summed E-state index contributed by atoms with van der Waals surface area (Å²) in [7, 11) is 0. The zero-order chi connectivity index (χ0) is 11.1. The highest BCUT2D eigenvalue weighted by Crippen LogP contribution is 2.15. The van der Waals surface area contributed by atoms with Crippen molar-refractivity contribution < 1.29 is 4.79 Å². The lowest BCUT2D eigenvalue weighted by molar-refractivity contribution is 0.0953. The molecule has 0 aliphatic carbocycles. The second-order valence-electron chi connectivity index (χ2n) is 3.09. The fourth-order valence-electron chi connectivity index (χ4n) is 1.18. The molecule has 0 unspecified atom stereocenters. The second kappa shape index (κ2) is 6.40. The first-order valence-corrected chi connectivity index (χ1v) is 5.69. The van der Waals surface area contributed by atoms with Gasteiger partial charge in [0.1, 0.15) is 0 Å². The monoisotopic (exact) mass is 267 g/mol. The lowest BCUT2D eigenvalue weighted by Crippen LogP contribution is -2.24. The Hall–Kier alpha value is -1.09. The van der Waals surface area contributed by atoms with Crippen LogP contribution in [0.15, 0.2) is 40.9 Å². The molecular weight excluding hydrogens is 254 g/mol. The van der Waals surface area contributed by atoms with Gasteiger partial charge in [0.2, 0.25) is 0 Å². The van der Waals surface area contributed by atoms with E-state index < -0.39 is 0 Å². The van der Waals surface area contributed by atoms with Gasteiger partial charge >= 0.3 is 0 Å². The number of nitrogens with one attached hydrogen (secondary N) is 1. The Morgan fingerprint density at radius 3 is 2.87 bits per heavy atom. The molecule has 0 atom stereocenters. The van der Waals surface area contributed by atoms with Gasteiger partial charge in [0.15, 0.2) is 0 Å². The van der Waals surface area contributed by atoms with E-state index in [0.717, 1.165) is 10.9 Å². The van der Waals surface area contributed by atoms with Crippen LogP contribution < -0.4 is 5.32 Å². The molecule has 0 radical (unpaired) electrons. The number of amides is 1. The van der Waals surface area contributed by atoms with Crippen molar-refractivity contribution in [3.8, 4) is 0 Å². The highest BCUT2D eigenvalue weighted by Gasteiger charge is 2.07. The summed E-state index contributed by atoms with van der Waals surface area (Å²) in [5, 5.41) is 2.85. The highest BCUT2D eigenvalue weighted by atomic mass is 79.9. The third-order valence-electron chi connectivity index (χ3n) is 1.95. The largest absolute Gasteiger partial charge is 0.352 e. The summed E-state index contributed by atoms with van der Waals surface area (Å²) in [6, 6.07) is 7.40. The third-order valence-corrected chi connectivity index (χ3v) is 2.64. The van der Waals surface area contributed by atoms with Crippen molar-refractivity contribution in [1.82, 2.24) is 5.32 Å². The van der Waals surface area contributed by atoms with Crippen molar-refractivity contribution in [1.29, 1.82) is 0 Å². The Kier molecular flexibility index (Phi) is 5.12. The summed E-state index contributed by atoms with van der Waals surface area (Å²) < 4.78 is 0.827. The molecule has 0 fully saturated rings. The van der Waals surface area contributed by atoms with Crippen molar-refractivity contribution in [3.63, 3.8) is 0 Å². The summed E-state index contributed by atoms with van der Waals surface area (Å²) in [5.74, 6) is -0.0352. The minimum atomic E-state index is -0.0352. The molecule has 0 aliphatic rings. The first-order valence-electron chi connectivity index (χ1n) is 4.89. The maximum atomic E-state index is 11.7. The van der Waals surface area contributed by atoms with Gasteiger partial charge in [0, 0.05) is 11.0 Å². The van der Waals surface area contributed by atoms with Gasteiger partial charge in [-0.05, 0) is 41.4 Å². The minimum Gasteiger partial charge on any atom is -0.352 e. The van der Waals surface area contributed by atoms with Crippen LogP contribution in [0, 0.1) is 0 Å². The topological polar surface area (TPSA) is 29.1 Å². The normalized spacial score (nSPS) is 10.5. The quantitative estimate of drug-likeness (QED) is 0.659. The number of hydrogen-bond donors (Lipinski definition) is 1. The SMILES string of the molecule is C/C=C/CCNC(=O)c1ccccc1Br. The molecule has 2 nitrogen and oxygen atoms in total. The molecule has 1 N–H and O–H groups in total. The van der Waals surface area contributed by atoms with Crippen molar-refractivity contribution in [2.45, 2.75) is 13.3 Å². The Morgan fingerprint density at radius 2 is 2.20 bits per heavy atom. The Morgan fingerprint density at radius 1 is 1.47 bits per heavy atom. The molecule has 1 aromatic carbocycles. The molecule has 0 saturated heterocycles. The number of carbonyl (C=O) groups excluding carboxylic acids is 1. The molecule has 0 spiro atoms. The molecule has 80 valence electrons. The summed E-state index contributed by atoms with van der Waals surface area (Å²) in [5.41, 5.74) is 0.679. The molecule has 15 heavy (non-hydrogen) atoms. The van der Waals surface area contributed by atoms with Crippen molar-refractivity contribution in [2.75, 3.05) is 6.54 Å². The van der Waals surface area contributed by atoms with E-state index in [1.807, 2.05) is 37.3 Å². The number of hydrogen-bond acceptors (Lipinski definition) is 1. The van der Waals surface area contributed by atoms with Crippen LogP contribution in [-0.2, 0) is 0 Å². The maximum Gasteiger partial charge on any atom is 0.252 e. The molecule has 0 saturated carbocycles. The first kappa shape index (κ1) is 12.0. The molecule has 1 aromatic rings. The van der Waals surface area contributed by atoms with Crippen LogP contribution in [0.5, 0.6) is 0 Å². The maximum absolute atomic E-state index is 11.7. The van der Waals surface area contributed by atoms with E-state index in [4.69, 9.17) is 0 Å². The molecule has 0 bridgehead atoms. The summed E-state index contributed by atoms with van der Waals surface area (Å²) >= 11 is 3.34. The number of carbonyl (C=O) groups is 1.